The van der Waals surface area contributed by atoms with E-state index in [1.807, 2.05) is 31.2 Å². The lowest BCUT2D eigenvalue weighted by atomic mass is 9.80. The van der Waals surface area contributed by atoms with E-state index < -0.39 is 5.60 Å². The molecule has 4 heteroatoms. The van der Waals surface area contributed by atoms with Crippen LogP contribution in [0, 0.1) is 0 Å². The first-order chi connectivity index (χ1) is 9.61. The van der Waals surface area contributed by atoms with E-state index in [0.29, 0.717) is 13.2 Å². The molecule has 0 unspecified atom stereocenters. The first-order valence-corrected chi connectivity index (χ1v) is 7.02. The van der Waals surface area contributed by atoms with Gasteiger partial charge in [0.1, 0.15) is 5.75 Å². The van der Waals surface area contributed by atoms with Crippen molar-refractivity contribution >= 4 is 12.0 Å². The number of hydrogen-bond acceptors (Lipinski definition) is 3. The molecule has 0 aromatic heterocycles. The maximum atomic E-state index is 11.6. The summed E-state index contributed by atoms with van der Waals surface area (Å²) in [6, 6.07) is 7.54. The zero-order chi connectivity index (χ0) is 14.4. The summed E-state index contributed by atoms with van der Waals surface area (Å²) in [7, 11) is 0. The van der Waals surface area contributed by atoms with E-state index in [4.69, 9.17) is 4.74 Å². The van der Waals surface area contributed by atoms with Crippen LogP contribution in [0.15, 0.2) is 30.3 Å². The molecule has 0 aliphatic heterocycles. The third-order valence-corrected chi connectivity index (χ3v) is 3.49. The second-order valence-corrected chi connectivity index (χ2v) is 5.13. The number of ether oxygens (including phenoxy) is 1. The Morgan fingerprint density at radius 1 is 1.40 bits per heavy atom. The predicted molar refractivity (Wildman–Crippen MR) is 78.5 cm³/mol. The molecule has 1 saturated carbocycles. The van der Waals surface area contributed by atoms with Crippen LogP contribution in [-0.4, -0.2) is 29.8 Å². The lowest BCUT2D eigenvalue weighted by molar-refractivity contribution is -0.118. The Morgan fingerprint density at radius 3 is 2.65 bits per heavy atom. The van der Waals surface area contributed by atoms with Crippen LogP contribution in [0.2, 0.25) is 0 Å². The molecule has 0 spiro atoms. The molecule has 1 fully saturated rings. The Hall–Kier alpha value is -1.81. The van der Waals surface area contributed by atoms with Crippen LogP contribution in [0.25, 0.3) is 6.08 Å². The average Bonchev–Trinajstić information content (AvgIpc) is 2.42. The Balaban J connectivity index is 1.80. The fourth-order valence-electron chi connectivity index (χ4n) is 2.09. The fraction of sp³-hybridized carbons (Fsp3) is 0.438. The number of rotatable bonds is 6. The summed E-state index contributed by atoms with van der Waals surface area (Å²) in [4.78, 5) is 11.6. The second kappa shape index (κ2) is 6.57. The van der Waals surface area contributed by atoms with Crippen molar-refractivity contribution in [1.82, 2.24) is 5.32 Å². The Morgan fingerprint density at radius 2 is 2.10 bits per heavy atom. The highest BCUT2D eigenvalue weighted by molar-refractivity contribution is 5.91. The molecule has 1 aliphatic rings. The smallest absolute Gasteiger partial charge is 0.244 e. The topological polar surface area (TPSA) is 58.6 Å². The standard InChI is InChI=1S/C16H21NO3/c1-2-20-14-7-4-13(5-8-14)6-9-15(18)17-12-16(19)10-3-11-16/h4-9,19H,2-3,10-12H2,1H3,(H,17,18)/b9-6+. The molecule has 1 amide bonds. The molecule has 0 saturated heterocycles. The van der Waals surface area contributed by atoms with Crippen molar-refractivity contribution in [2.45, 2.75) is 31.8 Å². The minimum absolute atomic E-state index is 0.181. The summed E-state index contributed by atoms with van der Waals surface area (Å²) in [5, 5.41) is 12.6. The summed E-state index contributed by atoms with van der Waals surface area (Å²) in [6.45, 7) is 2.91. The molecule has 2 rings (SSSR count). The summed E-state index contributed by atoms with van der Waals surface area (Å²) in [5.41, 5.74) is 0.258. The van der Waals surface area contributed by atoms with Crippen molar-refractivity contribution in [2.75, 3.05) is 13.2 Å². The van der Waals surface area contributed by atoms with Gasteiger partial charge in [0.15, 0.2) is 0 Å². The van der Waals surface area contributed by atoms with E-state index in [2.05, 4.69) is 5.32 Å². The van der Waals surface area contributed by atoms with Crippen molar-refractivity contribution in [3.8, 4) is 5.75 Å². The largest absolute Gasteiger partial charge is 0.494 e. The van der Waals surface area contributed by atoms with Gasteiger partial charge in [-0.25, -0.2) is 0 Å². The maximum absolute atomic E-state index is 11.6. The van der Waals surface area contributed by atoms with Gasteiger partial charge in [0.2, 0.25) is 5.91 Å². The molecular weight excluding hydrogens is 254 g/mol. The van der Waals surface area contributed by atoms with E-state index in [9.17, 15) is 9.90 Å². The van der Waals surface area contributed by atoms with E-state index in [-0.39, 0.29) is 5.91 Å². The molecule has 1 aromatic carbocycles. The molecule has 20 heavy (non-hydrogen) atoms. The van der Waals surface area contributed by atoms with Gasteiger partial charge in [-0.15, -0.1) is 0 Å². The average molecular weight is 275 g/mol. The summed E-state index contributed by atoms with van der Waals surface area (Å²) >= 11 is 0. The summed E-state index contributed by atoms with van der Waals surface area (Å²) < 4.78 is 5.35. The second-order valence-electron chi connectivity index (χ2n) is 5.13. The summed E-state index contributed by atoms with van der Waals surface area (Å²) in [6.07, 6.45) is 5.81. The Labute approximate surface area is 119 Å². The van der Waals surface area contributed by atoms with Crippen molar-refractivity contribution in [1.29, 1.82) is 0 Å². The molecule has 2 N–H and O–H groups in total. The monoisotopic (exact) mass is 275 g/mol. The van der Waals surface area contributed by atoms with Gasteiger partial charge in [0.05, 0.1) is 12.2 Å². The van der Waals surface area contributed by atoms with Gasteiger partial charge in [-0.2, -0.15) is 0 Å². The zero-order valence-electron chi connectivity index (χ0n) is 11.8. The van der Waals surface area contributed by atoms with Crippen LogP contribution < -0.4 is 10.1 Å². The Bertz CT molecular complexity index is 475. The molecule has 108 valence electrons. The lowest BCUT2D eigenvalue weighted by Crippen LogP contribution is -2.47. The van der Waals surface area contributed by atoms with Crippen LogP contribution >= 0.6 is 0 Å². The number of benzene rings is 1. The number of nitrogens with one attached hydrogen (secondary N) is 1. The van der Waals surface area contributed by atoms with E-state index >= 15 is 0 Å². The molecular formula is C16H21NO3. The van der Waals surface area contributed by atoms with E-state index in [1.54, 1.807) is 6.08 Å². The van der Waals surface area contributed by atoms with Crippen molar-refractivity contribution in [2.24, 2.45) is 0 Å². The van der Waals surface area contributed by atoms with E-state index in [0.717, 1.165) is 30.6 Å². The van der Waals surface area contributed by atoms with Gasteiger partial charge in [0.25, 0.3) is 0 Å². The van der Waals surface area contributed by atoms with E-state index in [1.165, 1.54) is 6.08 Å². The van der Waals surface area contributed by atoms with Crippen LogP contribution in [0.1, 0.15) is 31.7 Å². The third kappa shape index (κ3) is 4.10. The van der Waals surface area contributed by atoms with Crippen LogP contribution in [0.4, 0.5) is 0 Å². The van der Waals surface area contributed by atoms with Crippen LogP contribution in [0.5, 0.6) is 5.75 Å². The predicted octanol–water partition coefficient (Wildman–Crippen LogP) is 2.13. The first-order valence-electron chi connectivity index (χ1n) is 7.02. The fourth-order valence-corrected chi connectivity index (χ4v) is 2.09. The third-order valence-electron chi connectivity index (χ3n) is 3.49. The van der Waals surface area contributed by atoms with Gasteiger partial charge in [0, 0.05) is 12.6 Å². The number of carbonyl (C=O) groups is 1. The summed E-state index contributed by atoms with van der Waals surface area (Å²) in [5.74, 6) is 0.639. The first kappa shape index (κ1) is 14.6. The van der Waals surface area contributed by atoms with Gasteiger partial charge < -0.3 is 15.2 Å². The minimum Gasteiger partial charge on any atom is -0.494 e. The van der Waals surface area contributed by atoms with Crippen molar-refractivity contribution in [3.63, 3.8) is 0 Å². The molecule has 0 heterocycles. The van der Waals surface area contributed by atoms with Gasteiger partial charge >= 0.3 is 0 Å². The number of carbonyl (C=O) groups excluding carboxylic acids is 1. The van der Waals surface area contributed by atoms with Gasteiger partial charge in [-0.3, -0.25) is 4.79 Å². The minimum atomic E-state index is -0.678. The van der Waals surface area contributed by atoms with Crippen LogP contribution in [-0.2, 0) is 4.79 Å². The normalized spacial score (nSPS) is 16.7. The Kier molecular flexibility index (Phi) is 4.79. The highest BCUT2D eigenvalue weighted by Gasteiger charge is 2.34. The highest BCUT2D eigenvalue weighted by Crippen LogP contribution is 2.30. The zero-order valence-corrected chi connectivity index (χ0v) is 11.8. The molecule has 1 aromatic rings. The van der Waals surface area contributed by atoms with Gasteiger partial charge in [-0.1, -0.05) is 12.1 Å². The van der Waals surface area contributed by atoms with Crippen molar-refractivity contribution < 1.29 is 14.6 Å². The lowest BCUT2D eigenvalue weighted by Gasteiger charge is -2.36. The molecule has 1 aliphatic carbocycles. The number of hydrogen-bond donors (Lipinski definition) is 2. The maximum Gasteiger partial charge on any atom is 0.244 e. The number of aliphatic hydroxyl groups is 1. The van der Waals surface area contributed by atoms with Crippen molar-refractivity contribution in [3.05, 3.63) is 35.9 Å². The molecule has 0 bridgehead atoms. The quantitative estimate of drug-likeness (QED) is 0.782. The molecule has 0 radical (unpaired) electrons. The SMILES string of the molecule is CCOc1ccc(/C=C/C(=O)NCC2(O)CCC2)cc1. The number of amides is 1. The molecule has 4 nitrogen and oxygen atoms in total. The van der Waals surface area contributed by atoms with Gasteiger partial charge in [-0.05, 0) is 50.0 Å². The molecule has 0 atom stereocenters. The highest BCUT2D eigenvalue weighted by atomic mass is 16.5. The van der Waals surface area contributed by atoms with Crippen LogP contribution in [0.3, 0.4) is 0 Å².